The molecule has 2 aromatic carbocycles. The number of alkyl carbamates (subject to hydrolysis) is 1. The smallest absolute Gasteiger partial charge is 0.407 e. The van der Waals surface area contributed by atoms with E-state index in [0.717, 1.165) is 22.3 Å². The second kappa shape index (κ2) is 13.9. The van der Waals surface area contributed by atoms with Crippen LogP contribution in [0.15, 0.2) is 61.2 Å². The second-order valence-corrected chi connectivity index (χ2v) is 10.1. The number of esters is 1. The minimum absolute atomic E-state index is 0.00211. The number of carbonyl (C=O) groups excluding carboxylic acids is 3. The molecule has 1 unspecified atom stereocenters. The molecule has 0 spiro atoms. The molecule has 42 heavy (non-hydrogen) atoms. The zero-order valence-electron chi connectivity index (χ0n) is 23.3. The summed E-state index contributed by atoms with van der Waals surface area (Å²) in [6, 6.07) is 13.1. The van der Waals surface area contributed by atoms with Gasteiger partial charge in [-0.2, -0.15) is 0 Å². The van der Waals surface area contributed by atoms with E-state index in [4.69, 9.17) is 18.9 Å². The highest BCUT2D eigenvalue weighted by molar-refractivity contribution is 5.82. The van der Waals surface area contributed by atoms with Crippen LogP contribution in [0.3, 0.4) is 0 Å². The van der Waals surface area contributed by atoms with Crippen molar-refractivity contribution >= 4 is 18.0 Å². The fourth-order valence-electron chi connectivity index (χ4n) is 5.24. The molecule has 226 valence electrons. The molecule has 0 radical (unpaired) electrons. The van der Waals surface area contributed by atoms with Gasteiger partial charge in [0.1, 0.15) is 37.6 Å². The van der Waals surface area contributed by atoms with Crippen LogP contribution >= 0.6 is 0 Å². The average molecular weight is 585 g/mol. The number of aliphatic hydroxyl groups excluding tert-OH is 3. The van der Waals surface area contributed by atoms with Gasteiger partial charge < -0.3 is 44.9 Å². The van der Waals surface area contributed by atoms with Crippen molar-refractivity contribution < 1.29 is 48.7 Å². The van der Waals surface area contributed by atoms with Crippen molar-refractivity contribution in [1.29, 1.82) is 0 Å². The molecule has 12 heteroatoms. The minimum Gasteiger partial charge on any atom is -0.460 e. The molecule has 12 nitrogen and oxygen atoms in total. The predicted molar refractivity (Wildman–Crippen MR) is 149 cm³/mol. The summed E-state index contributed by atoms with van der Waals surface area (Å²) in [5.74, 6) is -1.61. The van der Waals surface area contributed by atoms with Crippen LogP contribution in [0.25, 0.3) is 11.1 Å². The third-order valence-corrected chi connectivity index (χ3v) is 7.28. The topological polar surface area (TPSA) is 173 Å². The fourth-order valence-corrected chi connectivity index (χ4v) is 5.24. The summed E-state index contributed by atoms with van der Waals surface area (Å²) in [6.07, 6.45) is -6.41. The first kappa shape index (κ1) is 31.1. The van der Waals surface area contributed by atoms with E-state index in [-0.39, 0.29) is 19.1 Å². The van der Waals surface area contributed by atoms with E-state index < -0.39 is 67.4 Å². The van der Waals surface area contributed by atoms with Gasteiger partial charge in [0.2, 0.25) is 5.91 Å². The number of fused-ring (bicyclic) bond motifs is 3. The van der Waals surface area contributed by atoms with Gasteiger partial charge in [-0.15, -0.1) is 0 Å². The van der Waals surface area contributed by atoms with Crippen LogP contribution in [-0.2, 0) is 28.5 Å². The van der Waals surface area contributed by atoms with Gasteiger partial charge in [-0.05, 0) is 29.2 Å². The summed E-state index contributed by atoms with van der Waals surface area (Å²) in [5.41, 5.74) is 4.15. The van der Waals surface area contributed by atoms with Crippen molar-refractivity contribution in [1.82, 2.24) is 10.6 Å². The van der Waals surface area contributed by atoms with Gasteiger partial charge in [-0.3, -0.25) is 4.79 Å². The summed E-state index contributed by atoms with van der Waals surface area (Å²) in [6.45, 7) is 5.38. The minimum atomic E-state index is -1.56. The maximum atomic E-state index is 13.0. The Morgan fingerprint density at radius 2 is 1.64 bits per heavy atom. The number of carbonyl (C=O) groups is 3. The summed E-state index contributed by atoms with van der Waals surface area (Å²) in [4.78, 5) is 37.7. The molecule has 0 saturated carbocycles. The Bertz CT molecular complexity index is 1240. The Morgan fingerprint density at radius 1 is 1.02 bits per heavy atom. The molecule has 5 N–H and O–H groups in total. The first-order chi connectivity index (χ1) is 20.2. The molecular weight excluding hydrogens is 548 g/mol. The first-order valence-electron chi connectivity index (χ1n) is 13.6. The van der Waals surface area contributed by atoms with E-state index in [1.54, 1.807) is 0 Å². The van der Waals surface area contributed by atoms with Gasteiger partial charge in [0, 0.05) is 12.8 Å². The third kappa shape index (κ3) is 6.80. The number of ether oxygens (including phenoxy) is 4. The van der Waals surface area contributed by atoms with E-state index >= 15 is 0 Å². The number of hydrogen-bond donors (Lipinski definition) is 5. The Hall–Kier alpha value is -3.81. The molecule has 1 saturated heterocycles. The zero-order valence-corrected chi connectivity index (χ0v) is 23.3. The van der Waals surface area contributed by atoms with E-state index in [1.165, 1.54) is 19.9 Å². The Balaban J connectivity index is 1.47. The number of nitrogens with one attached hydrogen (secondary N) is 2. The lowest BCUT2D eigenvalue weighted by molar-refractivity contribution is -0.282. The Labute approximate surface area is 243 Å². The molecule has 4 rings (SSSR count). The van der Waals surface area contributed by atoms with Crippen molar-refractivity contribution in [2.75, 3.05) is 19.8 Å². The first-order valence-corrected chi connectivity index (χ1v) is 13.6. The number of amides is 2. The lowest BCUT2D eigenvalue weighted by Gasteiger charge is -2.43. The maximum Gasteiger partial charge on any atom is 0.407 e. The number of aliphatic hydroxyl groups is 3. The summed E-state index contributed by atoms with van der Waals surface area (Å²) >= 11 is 0. The summed E-state index contributed by atoms with van der Waals surface area (Å²) < 4.78 is 22.2. The van der Waals surface area contributed by atoms with Gasteiger partial charge in [-0.1, -0.05) is 61.2 Å². The van der Waals surface area contributed by atoms with Crippen LogP contribution < -0.4 is 10.6 Å². The van der Waals surface area contributed by atoms with Crippen LogP contribution in [-0.4, -0.2) is 95.9 Å². The van der Waals surface area contributed by atoms with Crippen molar-refractivity contribution in [3.05, 3.63) is 72.3 Å². The summed E-state index contributed by atoms with van der Waals surface area (Å²) in [5, 5.41) is 35.4. The quantitative estimate of drug-likeness (QED) is 0.189. The van der Waals surface area contributed by atoms with Gasteiger partial charge >= 0.3 is 12.1 Å². The number of benzene rings is 2. The lowest BCUT2D eigenvalue weighted by atomic mass is 9.96. The standard InChI is InChI=1S/C30H36N2O10/c1-4-13-39-28(37)24(16(2)41-29-25(31-17(3)34)27(36)26(35)23(14-33)42-29)32-30(38)40-15-22-20-11-7-5-9-18(20)19-10-6-8-12-21(19)22/h4-12,16,22-27,29,33,35-36H,1,13-15H2,2-3H3,(H,31,34)(H,32,38)/t16-,23?,24+,25+,26+,27-,29+/m1/s1. The number of rotatable bonds is 11. The van der Waals surface area contributed by atoms with Crippen LogP contribution in [0, 0.1) is 0 Å². The SMILES string of the molecule is C=CCOC(=O)[C@@H](NC(=O)OCC1c2ccccc2-c2ccccc21)[C@@H](C)O[C@H]1OC(CO)[C@H](O)[C@H](O)[C@@H]1NC(C)=O. The van der Waals surface area contributed by atoms with E-state index in [9.17, 15) is 29.7 Å². The van der Waals surface area contributed by atoms with E-state index in [0.29, 0.717) is 0 Å². The average Bonchev–Trinajstić information content (AvgIpc) is 3.30. The van der Waals surface area contributed by atoms with Crippen LogP contribution in [0.1, 0.15) is 30.9 Å². The van der Waals surface area contributed by atoms with Gasteiger partial charge in [-0.25, -0.2) is 9.59 Å². The molecule has 1 aliphatic heterocycles. The van der Waals surface area contributed by atoms with Crippen molar-refractivity contribution in [3.8, 4) is 11.1 Å². The predicted octanol–water partition coefficient (Wildman–Crippen LogP) is 0.972. The highest BCUT2D eigenvalue weighted by atomic mass is 16.7. The van der Waals surface area contributed by atoms with Crippen molar-refractivity contribution in [2.45, 2.75) is 62.6 Å². The molecule has 2 aliphatic rings. The third-order valence-electron chi connectivity index (χ3n) is 7.28. The molecular formula is C30H36N2O10. The normalized spacial score (nSPS) is 24.5. The summed E-state index contributed by atoms with van der Waals surface area (Å²) in [7, 11) is 0. The maximum absolute atomic E-state index is 13.0. The van der Waals surface area contributed by atoms with Crippen LogP contribution in [0.4, 0.5) is 4.79 Å². The van der Waals surface area contributed by atoms with Crippen LogP contribution in [0.2, 0.25) is 0 Å². The molecule has 0 bridgehead atoms. The lowest BCUT2D eigenvalue weighted by Crippen LogP contribution is -2.65. The largest absolute Gasteiger partial charge is 0.460 e. The van der Waals surface area contributed by atoms with Crippen LogP contribution in [0.5, 0.6) is 0 Å². The second-order valence-electron chi connectivity index (χ2n) is 10.1. The highest BCUT2D eigenvalue weighted by Gasteiger charge is 2.47. The number of hydrogen-bond acceptors (Lipinski definition) is 10. The molecule has 2 amide bonds. The molecule has 2 aromatic rings. The van der Waals surface area contributed by atoms with E-state index in [2.05, 4.69) is 17.2 Å². The zero-order chi connectivity index (χ0) is 30.4. The van der Waals surface area contributed by atoms with E-state index in [1.807, 2.05) is 48.5 Å². The highest BCUT2D eigenvalue weighted by Crippen LogP contribution is 2.44. The molecule has 0 aromatic heterocycles. The van der Waals surface area contributed by atoms with Crippen molar-refractivity contribution in [2.24, 2.45) is 0 Å². The fraction of sp³-hybridized carbons (Fsp3) is 0.433. The monoisotopic (exact) mass is 584 g/mol. The molecule has 1 heterocycles. The molecule has 1 aliphatic carbocycles. The van der Waals surface area contributed by atoms with Gasteiger partial charge in [0.15, 0.2) is 12.3 Å². The van der Waals surface area contributed by atoms with Gasteiger partial charge in [0.05, 0.1) is 12.7 Å². The Kier molecular flexibility index (Phi) is 10.3. The van der Waals surface area contributed by atoms with Crippen molar-refractivity contribution in [3.63, 3.8) is 0 Å². The van der Waals surface area contributed by atoms with Gasteiger partial charge in [0.25, 0.3) is 0 Å². The molecule has 7 atom stereocenters. The Morgan fingerprint density at radius 3 is 2.21 bits per heavy atom. The molecule has 1 fully saturated rings.